The summed E-state index contributed by atoms with van der Waals surface area (Å²) in [6.07, 6.45) is 0. The smallest absolute Gasteiger partial charge is 0.310 e. The number of nitrogens with zero attached hydrogens (tertiary/aromatic N) is 2. The lowest BCUT2D eigenvalue weighted by Crippen LogP contribution is -2.35. The molecule has 1 unspecified atom stereocenters. The molecule has 24 heavy (non-hydrogen) atoms. The zero-order valence-corrected chi connectivity index (χ0v) is 12.6. The van der Waals surface area contributed by atoms with Crippen LogP contribution in [0.4, 0.5) is 11.4 Å². The Morgan fingerprint density at radius 1 is 1.17 bits per heavy atom. The molecule has 1 aliphatic rings. The van der Waals surface area contributed by atoms with Gasteiger partial charge in [-0.1, -0.05) is 12.1 Å². The van der Waals surface area contributed by atoms with Gasteiger partial charge in [-0.15, -0.1) is 0 Å². The number of hydrazine groups is 1. The number of carbonyl (C=O) groups excluding carboxylic acids is 2. The highest BCUT2D eigenvalue weighted by molar-refractivity contribution is 6.45. The van der Waals surface area contributed by atoms with Crippen LogP contribution in [0, 0.1) is 10.1 Å². The standard InChI is InChI=1S/C16H13N3O5/c1-24-13-4-2-3-10(9-13)14-15(20)16(21)18(17-14)11-5-7-12(8-6-11)19(22)23/h2-9,14,17H,1H3. The van der Waals surface area contributed by atoms with Gasteiger partial charge in [0.25, 0.3) is 5.69 Å². The van der Waals surface area contributed by atoms with E-state index >= 15 is 0 Å². The number of methoxy groups -OCH3 is 1. The van der Waals surface area contributed by atoms with E-state index in [1.807, 2.05) is 0 Å². The maximum Gasteiger partial charge on any atom is 0.310 e. The van der Waals surface area contributed by atoms with Crippen LogP contribution in [0.25, 0.3) is 0 Å². The number of benzene rings is 2. The largest absolute Gasteiger partial charge is 0.497 e. The first kappa shape index (κ1) is 15.6. The number of anilines is 1. The predicted molar refractivity (Wildman–Crippen MR) is 84.5 cm³/mol. The van der Waals surface area contributed by atoms with E-state index in [-0.39, 0.29) is 5.69 Å². The lowest BCUT2D eigenvalue weighted by molar-refractivity contribution is -0.384. The normalized spacial score (nSPS) is 17.2. The quantitative estimate of drug-likeness (QED) is 0.521. The van der Waals surface area contributed by atoms with Crippen LogP contribution in [0.3, 0.4) is 0 Å². The van der Waals surface area contributed by atoms with Gasteiger partial charge in [0.1, 0.15) is 11.8 Å². The van der Waals surface area contributed by atoms with Crippen molar-refractivity contribution in [3.05, 3.63) is 64.2 Å². The number of ketones is 1. The third-order valence-electron chi connectivity index (χ3n) is 3.68. The molecule has 1 atom stereocenters. The predicted octanol–water partition coefficient (Wildman–Crippen LogP) is 1.76. The highest BCUT2D eigenvalue weighted by Crippen LogP contribution is 2.28. The van der Waals surface area contributed by atoms with Crippen molar-refractivity contribution < 1.29 is 19.2 Å². The van der Waals surface area contributed by atoms with Crippen LogP contribution < -0.4 is 15.2 Å². The molecule has 1 amide bonds. The molecule has 0 saturated carbocycles. The van der Waals surface area contributed by atoms with Gasteiger partial charge < -0.3 is 4.74 Å². The van der Waals surface area contributed by atoms with Crippen molar-refractivity contribution in [2.24, 2.45) is 0 Å². The Kier molecular flexibility index (Phi) is 3.97. The van der Waals surface area contributed by atoms with Crippen molar-refractivity contribution in [3.8, 4) is 5.75 Å². The molecule has 1 N–H and O–H groups in total. The Hall–Kier alpha value is -3.26. The molecule has 0 bridgehead atoms. The van der Waals surface area contributed by atoms with E-state index in [2.05, 4.69) is 5.43 Å². The van der Waals surface area contributed by atoms with Crippen LogP contribution >= 0.6 is 0 Å². The monoisotopic (exact) mass is 327 g/mol. The number of amides is 1. The van der Waals surface area contributed by atoms with Crippen molar-refractivity contribution in [1.82, 2.24) is 5.43 Å². The summed E-state index contributed by atoms with van der Waals surface area (Å²) in [4.78, 5) is 34.6. The van der Waals surface area contributed by atoms with Crippen LogP contribution in [0.5, 0.6) is 5.75 Å². The second-order valence-corrected chi connectivity index (χ2v) is 5.12. The number of hydrogen-bond acceptors (Lipinski definition) is 6. The molecule has 1 saturated heterocycles. The number of hydrogen-bond donors (Lipinski definition) is 1. The summed E-state index contributed by atoms with van der Waals surface area (Å²) >= 11 is 0. The van der Waals surface area contributed by atoms with E-state index in [0.29, 0.717) is 17.0 Å². The van der Waals surface area contributed by atoms with E-state index in [0.717, 1.165) is 5.01 Å². The fraction of sp³-hybridized carbons (Fsp3) is 0.125. The molecule has 2 aromatic rings. The molecule has 0 radical (unpaired) electrons. The molecule has 1 fully saturated rings. The Bertz CT molecular complexity index is 819. The van der Waals surface area contributed by atoms with Crippen molar-refractivity contribution >= 4 is 23.1 Å². The molecule has 1 aliphatic heterocycles. The number of nitrogens with one attached hydrogen (secondary N) is 1. The third-order valence-corrected chi connectivity index (χ3v) is 3.68. The Morgan fingerprint density at radius 3 is 2.50 bits per heavy atom. The fourth-order valence-electron chi connectivity index (χ4n) is 2.44. The van der Waals surface area contributed by atoms with Crippen molar-refractivity contribution in [2.45, 2.75) is 6.04 Å². The van der Waals surface area contributed by atoms with Gasteiger partial charge in [0.2, 0.25) is 5.78 Å². The Labute approximate surface area is 136 Å². The topological polar surface area (TPSA) is 102 Å². The molecular formula is C16H13N3O5. The summed E-state index contributed by atoms with van der Waals surface area (Å²) < 4.78 is 5.12. The zero-order valence-electron chi connectivity index (χ0n) is 12.6. The summed E-state index contributed by atoms with van der Waals surface area (Å²) in [5.74, 6) is -0.762. The van der Waals surface area contributed by atoms with Gasteiger partial charge >= 0.3 is 5.91 Å². The molecule has 0 aliphatic carbocycles. The first-order chi connectivity index (χ1) is 11.5. The van der Waals surface area contributed by atoms with E-state index < -0.39 is 22.7 Å². The molecule has 122 valence electrons. The maximum absolute atomic E-state index is 12.3. The first-order valence-corrected chi connectivity index (χ1v) is 7.04. The average molecular weight is 327 g/mol. The van der Waals surface area contributed by atoms with Gasteiger partial charge in [0.05, 0.1) is 17.7 Å². The number of ether oxygens (including phenoxy) is 1. The summed E-state index contributed by atoms with van der Waals surface area (Å²) in [5.41, 5.74) is 3.68. The maximum atomic E-state index is 12.3. The van der Waals surface area contributed by atoms with E-state index in [4.69, 9.17) is 4.74 Å². The summed E-state index contributed by atoms with van der Waals surface area (Å²) in [5, 5.41) is 11.8. The van der Waals surface area contributed by atoms with Gasteiger partial charge in [-0.05, 0) is 29.8 Å². The lowest BCUT2D eigenvalue weighted by atomic mass is 10.0. The Balaban J connectivity index is 1.88. The van der Waals surface area contributed by atoms with E-state index in [1.165, 1.54) is 31.4 Å². The molecule has 1 heterocycles. The number of nitro benzene ring substituents is 1. The third kappa shape index (κ3) is 2.70. The van der Waals surface area contributed by atoms with Gasteiger partial charge in [-0.2, -0.15) is 0 Å². The molecule has 0 spiro atoms. The van der Waals surface area contributed by atoms with Crippen LogP contribution in [0.1, 0.15) is 11.6 Å². The molecule has 2 aromatic carbocycles. The van der Waals surface area contributed by atoms with Crippen molar-refractivity contribution in [2.75, 3.05) is 12.1 Å². The number of nitro groups is 1. The van der Waals surface area contributed by atoms with E-state index in [1.54, 1.807) is 24.3 Å². The molecular weight excluding hydrogens is 314 g/mol. The van der Waals surface area contributed by atoms with Crippen LogP contribution in [-0.4, -0.2) is 23.7 Å². The van der Waals surface area contributed by atoms with Crippen LogP contribution in [0.2, 0.25) is 0 Å². The summed E-state index contributed by atoms with van der Waals surface area (Å²) in [7, 11) is 1.51. The summed E-state index contributed by atoms with van der Waals surface area (Å²) in [6, 6.07) is 11.4. The van der Waals surface area contributed by atoms with Gasteiger partial charge in [0.15, 0.2) is 0 Å². The van der Waals surface area contributed by atoms with E-state index in [9.17, 15) is 19.7 Å². The number of non-ortho nitro benzene ring substituents is 1. The lowest BCUT2D eigenvalue weighted by Gasteiger charge is -2.17. The second kappa shape index (κ2) is 6.09. The minimum Gasteiger partial charge on any atom is -0.497 e. The van der Waals surface area contributed by atoms with Crippen LogP contribution in [-0.2, 0) is 9.59 Å². The van der Waals surface area contributed by atoms with Gasteiger partial charge in [-0.25, -0.2) is 10.4 Å². The first-order valence-electron chi connectivity index (χ1n) is 7.04. The van der Waals surface area contributed by atoms with Crippen molar-refractivity contribution in [1.29, 1.82) is 0 Å². The van der Waals surface area contributed by atoms with Crippen LogP contribution in [0.15, 0.2) is 48.5 Å². The Morgan fingerprint density at radius 2 is 1.88 bits per heavy atom. The highest BCUT2D eigenvalue weighted by Gasteiger charge is 2.40. The van der Waals surface area contributed by atoms with Gasteiger partial charge in [0, 0.05) is 12.1 Å². The molecule has 3 rings (SSSR count). The van der Waals surface area contributed by atoms with Crippen molar-refractivity contribution in [3.63, 3.8) is 0 Å². The summed E-state index contributed by atoms with van der Waals surface area (Å²) in [6.45, 7) is 0. The molecule has 8 heteroatoms. The highest BCUT2D eigenvalue weighted by atomic mass is 16.6. The molecule has 0 aromatic heterocycles. The molecule has 8 nitrogen and oxygen atoms in total. The minimum absolute atomic E-state index is 0.0962. The van der Waals surface area contributed by atoms with Gasteiger partial charge in [-0.3, -0.25) is 19.7 Å². The minimum atomic E-state index is -0.831. The number of carbonyl (C=O) groups is 2. The number of rotatable bonds is 4. The SMILES string of the molecule is COc1cccc(C2NN(c3ccc([N+](=O)[O-])cc3)C(=O)C2=O)c1. The zero-order chi connectivity index (χ0) is 17.3. The number of Topliss-reactive ketones (excluding diaryl/α,β-unsaturated/α-hetero) is 1. The second-order valence-electron chi connectivity index (χ2n) is 5.12. The average Bonchev–Trinajstić information content (AvgIpc) is 2.90. The fourth-order valence-corrected chi connectivity index (χ4v) is 2.44.